The fraction of sp³-hybridized carbons (Fsp3) is 0.214. The largest absolute Gasteiger partial charge is 0.311 e. The summed E-state index contributed by atoms with van der Waals surface area (Å²) in [4.78, 5) is 24.0. The molecule has 0 fully saturated rings. The van der Waals surface area contributed by atoms with Crippen LogP contribution in [0.1, 0.15) is 11.3 Å². The Morgan fingerprint density at radius 2 is 2.30 bits per heavy atom. The average Bonchev–Trinajstić information content (AvgIpc) is 2.94. The number of nitrogens with one attached hydrogen (secondary N) is 2. The highest BCUT2D eigenvalue weighted by Crippen LogP contribution is 2.24. The van der Waals surface area contributed by atoms with E-state index in [0.717, 1.165) is 40.0 Å². The van der Waals surface area contributed by atoms with Crippen molar-refractivity contribution in [2.45, 2.75) is 13.0 Å². The molecule has 0 radical (unpaired) electrons. The van der Waals surface area contributed by atoms with E-state index < -0.39 is 0 Å². The van der Waals surface area contributed by atoms with Gasteiger partial charge in [-0.2, -0.15) is 0 Å². The van der Waals surface area contributed by atoms with Crippen molar-refractivity contribution in [3.05, 3.63) is 45.3 Å². The van der Waals surface area contributed by atoms with E-state index in [9.17, 15) is 4.79 Å². The number of hydrogen-bond acceptors (Lipinski definition) is 5. The summed E-state index contributed by atoms with van der Waals surface area (Å²) in [6.45, 7) is 1.49. The monoisotopic (exact) mass is 284 g/mol. The molecule has 20 heavy (non-hydrogen) atoms. The molecule has 3 aromatic heterocycles. The third-order valence-electron chi connectivity index (χ3n) is 3.52. The van der Waals surface area contributed by atoms with Crippen LogP contribution in [0, 0.1) is 0 Å². The van der Waals surface area contributed by atoms with Gasteiger partial charge >= 0.3 is 0 Å². The second kappa shape index (κ2) is 4.50. The zero-order valence-corrected chi connectivity index (χ0v) is 11.5. The Morgan fingerprint density at radius 3 is 3.25 bits per heavy atom. The first-order valence-electron chi connectivity index (χ1n) is 6.48. The molecule has 100 valence electrons. The molecule has 0 amide bonds. The van der Waals surface area contributed by atoms with Crippen molar-refractivity contribution in [2.24, 2.45) is 0 Å². The molecular formula is C14H12N4OS. The molecule has 0 saturated heterocycles. The van der Waals surface area contributed by atoms with Crippen LogP contribution in [0.4, 0.5) is 0 Å². The van der Waals surface area contributed by atoms with E-state index in [4.69, 9.17) is 0 Å². The highest BCUT2D eigenvalue weighted by molar-refractivity contribution is 7.17. The summed E-state index contributed by atoms with van der Waals surface area (Å²) in [5, 5.41) is 5.25. The third kappa shape index (κ3) is 1.85. The van der Waals surface area contributed by atoms with Gasteiger partial charge in [0, 0.05) is 23.9 Å². The van der Waals surface area contributed by atoms with Gasteiger partial charge in [0.05, 0.1) is 15.9 Å². The standard InChI is InChI=1S/C14H12N4OS/c19-14-9-1-3-15-7-11(9)17-13(18-14)8-5-12-10(16-6-8)2-4-20-12/h2,4-6,15H,1,3,7H2,(H,17,18,19). The summed E-state index contributed by atoms with van der Waals surface area (Å²) in [5.41, 5.74) is 3.45. The van der Waals surface area contributed by atoms with Crippen molar-refractivity contribution in [1.29, 1.82) is 0 Å². The maximum absolute atomic E-state index is 12.1. The summed E-state index contributed by atoms with van der Waals surface area (Å²) < 4.78 is 1.10. The first-order chi connectivity index (χ1) is 9.81. The van der Waals surface area contributed by atoms with E-state index >= 15 is 0 Å². The van der Waals surface area contributed by atoms with E-state index in [1.54, 1.807) is 17.5 Å². The van der Waals surface area contributed by atoms with Gasteiger partial charge in [-0.25, -0.2) is 4.98 Å². The Hall–Kier alpha value is -2.05. The molecule has 0 spiro atoms. The average molecular weight is 284 g/mol. The number of fused-ring (bicyclic) bond motifs is 2. The Bertz CT molecular complexity index is 852. The Morgan fingerprint density at radius 1 is 1.35 bits per heavy atom. The second-order valence-electron chi connectivity index (χ2n) is 4.79. The lowest BCUT2D eigenvalue weighted by Crippen LogP contribution is -2.31. The Labute approximate surface area is 118 Å². The fourth-order valence-corrected chi connectivity index (χ4v) is 3.26. The number of nitrogens with zero attached hydrogens (tertiary/aromatic N) is 2. The molecule has 0 unspecified atom stereocenters. The zero-order chi connectivity index (χ0) is 13.5. The lowest BCUT2D eigenvalue weighted by atomic mass is 10.1. The molecule has 0 saturated carbocycles. The van der Waals surface area contributed by atoms with Crippen molar-refractivity contribution in [1.82, 2.24) is 20.3 Å². The molecule has 4 rings (SSSR count). The van der Waals surface area contributed by atoms with Gasteiger partial charge in [-0.05, 0) is 30.5 Å². The molecule has 0 aliphatic carbocycles. The van der Waals surface area contributed by atoms with Gasteiger partial charge in [0.15, 0.2) is 0 Å². The molecule has 1 aliphatic rings. The SMILES string of the molecule is O=c1[nH]c(-c2cnc3ccsc3c2)nc2c1CCNC2. The summed E-state index contributed by atoms with van der Waals surface area (Å²) >= 11 is 1.63. The summed E-state index contributed by atoms with van der Waals surface area (Å²) in [6, 6.07) is 4.00. The predicted molar refractivity (Wildman–Crippen MR) is 78.9 cm³/mol. The molecule has 5 nitrogen and oxygen atoms in total. The highest BCUT2D eigenvalue weighted by Gasteiger charge is 2.16. The number of aromatic amines is 1. The van der Waals surface area contributed by atoms with Gasteiger partial charge in [-0.1, -0.05) is 0 Å². The first kappa shape index (κ1) is 11.7. The van der Waals surface area contributed by atoms with Crippen LogP contribution >= 0.6 is 11.3 Å². The van der Waals surface area contributed by atoms with Crippen LogP contribution in [0.15, 0.2) is 28.5 Å². The lowest BCUT2D eigenvalue weighted by molar-refractivity contribution is 0.619. The van der Waals surface area contributed by atoms with Crippen molar-refractivity contribution < 1.29 is 0 Å². The van der Waals surface area contributed by atoms with Crippen molar-refractivity contribution >= 4 is 21.6 Å². The second-order valence-corrected chi connectivity index (χ2v) is 5.74. The molecule has 0 atom stereocenters. The normalized spacial score (nSPS) is 14.4. The number of hydrogen-bond donors (Lipinski definition) is 2. The molecule has 3 aromatic rings. The van der Waals surface area contributed by atoms with Crippen LogP contribution in [-0.2, 0) is 13.0 Å². The fourth-order valence-electron chi connectivity index (χ4n) is 2.48. The minimum atomic E-state index is -0.0298. The zero-order valence-electron chi connectivity index (χ0n) is 10.6. The van der Waals surface area contributed by atoms with Crippen LogP contribution in [0.2, 0.25) is 0 Å². The highest BCUT2D eigenvalue weighted by atomic mass is 32.1. The quantitative estimate of drug-likeness (QED) is 0.713. The topological polar surface area (TPSA) is 70.7 Å². The molecular weight excluding hydrogens is 272 g/mol. The van der Waals surface area contributed by atoms with Gasteiger partial charge < -0.3 is 10.3 Å². The summed E-state index contributed by atoms with van der Waals surface area (Å²) in [7, 11) is 0. The van der Waals surface area contributed by atoms with Crippen LogP contribution in [-0.4, -0.2) is 21.5 Å². The number of rotatable bonds is 1. The van der Waals surface area contributed by atoms with E-state index in [1.165, 1.54) is 0 Å². The van der Waals surface area contributed by atoms with Crippen molar-refractivity contribution in [3.8, 4) is 11.4 Å². The van der Waals surface area contributed by atoms with E-state index in [1.807, 2.05) is 17.5 Å². The Balaban J connectivity index is 1.89. The summed E-state index contributed by atoms with van der Waals surface area (Å²) in [5.74, 6) is 0.597. The first-order valence-corrected chi connectivity index (χ1v) is 7.35. The van der Waals surface area contributed by atoms with E-state index in [0.29, 0.717) is 12.4 Å². The lowest BCUT2D eigenvalue weighted by Gasteiger charge is -2.15. The van der Waals surface area contributed by atoms with Gasteiger partial charge in [-0.3, -0.25) is 9.78 Å². The minimum absolute atomic E-state index is 0.0298. The number of H-pyrrole nitrogens is 1. The van der Waals surface area contributed by atoms with Crippen molar-refractivity contribution in [2.75, 3.05) is 6.54 Å². The molecule has 1 aliphatic heterocycles. The molecule has 6 heteroatoms. The summed E-state index contributed by atoms with van der Waals surface area (Å²) in [6.07, 6.45) is 2.50. The predicted octanol–water partition coefficient (Wildman–Crippen LogP) is 1.69. The van der Waals surface area contributed by atoms with Gasteiger partial charge in [0.1, 0.15) is 5.82 Å². The molecule has 4 heterocycles. The van der Waals surface area contributed by atoms with Crippen LogP contribution in [0.5, 0.6) is 0 Å². The number of pyridine rings is 1. The number of aromatic nitrogens is 3. The Kier molecular flexibility index (Phi) is 2.64. The molecule has 2 N–H and O–H groups in total. The van der Waals surface area contributed by atoms with Crippen LogP contribution < -0.4 is 10.9 Å². The smallest absolute Gasteiger partial charge is 0.254 e. The maximum Gasteiger partial charge on any atom is 0.254 e. The molecule has 0 bridgehead atoms. The van der Waals surface area contributed by atoms with Crippen molar-refractivity contribution in [3.63, 3.8) is 0 Å². The number of thiophene rings is 1. The van der Waals surface area contributed by atoms with Gasteiger partial charge in [0.25, 0.3) is 5.56 Å². The van der Waals surface area contributed by atoms with E-state index in [2.05, 4.69) is 20.3 Å². The molecule has 0 aromatic carbocycles. The maximum atomic E-state index is 12.1. The van der Waals surface area contributed by atoms with Crippen LogP contribution in [0.25, 0.3) is 21.6 Å². The van der Waals surface area contributed by atoms with Gasteiger partial charge in [0.2, 0.25) is 0 Å². The van der Waals surface area contributed by atoms with Crippen LogP contribution in [0.3, 0.4) is 0 Å². The van der Waals surface area contributed by atoms with E-state index in [-0.39, 0.29) is 5.56 Å². The minimum Gasteiger partial charge on any atom is -0.311 e. The third-order valence-corrected chi connectivity index (χ3v) is 4.37. The van der Waals surface area contributed by atoms with Gasteiger partial charge in [-0.15, -0.1) is 11.3 Å².